The second-order valence-electron chi connectivity index (χ2n) is 8.90. The molecule has 0 radical (unpaired) electrons. The number of anilines is 1. The third-order valence-corrected chi connectivity index (χ3v) is 7.60. The van der Waals surface area contributed by atoms with Gasteiger partial charge < -0.3 is 9.64 Å². The van der Waals surface area contributed by atoms with Gasteiger partial charge in [0.25, 0.3) is 11.5 Å². The van der Waals surface area contributed by atoms with Gasteiger partial charge in [0.2, 0.25) is 0 Å². The van der Waals surface area contributed by atoms with Crippen LogP contribution in [0.3, 0.4) is 0 Å². The monoisotopic (exact) mass is 513 g/mol. The van der Waals surface area contributed by atoms with Gasteiger partial charge in [-0.1, -0.05) is 85.9 Å². The zero-order chi connectivity index (χ0) is 26.1. The first-order valence-corrected chi connectivity index (χ1v) is 13.1. The molecule has 0 spiro atoms. The molecular formula is C29H27N3O4S. The van der Waals surface area contributed by atoms with Crippen molar-refractivity contribution in [3.63, 3.8) is 0 Å². The third-order valence-electron chi connectivity index (χ3n) is 6.55. The van der Waals surface area contributed by atoms with Crippen LogP contribution < -0.4 is 19.8 Å². The van der Waals surface area contributed by atoms with Gasteiger partial charge in [-0.25, -0.2) is 9.79 Å². The van der Waals surface area contributed by atoms with Gasteiger partial charge in [0.05, 0.1) is 28.6 Å². The van der Waals surface area contributed by atoms with Gasteiger partial charge in [0.15, 0.2) is 4.80 Å². The minimum Gasteiger partial charge on any atom is -0.458 e. The molecule has 2 aliphatic rings. The van der Waals surface area contributed by atoms with E-state index in [0.717, 1.165) is 29.7 Å². The number of nitrogens with zero attached hydrogens (tertiary/aromatic N) is 3. The Morgan fingerprint density at radius 3 is 2.59 bits per heavy atom. The molecule has 0 saturated carbocycles. The van der Waals surface area contributed by atoms with E-state index in [0.29, 0.717) is 32.7 Å². The molecule has 0 aliphatic carbocycles. The number of unbranched alkanes of at least 4 members (excludes halogenated alkanes) is 1. The lowest BCUT2D eigenvalue weighted by Gasteiger charge is -2.24. The van der Waals surface area contributed by atoms with Gasteiger partial charge in [-0.3, -0.25) is 14.2 Å². The first kappa shape index (κ1) is 24.6. The molecule has 0 fully saturated rings. The average molecular weight is 514 g/mol. The molecular weight excluding hydrogens is 486 g/mol. The van der Waals surface area contributed by atoms with Crippen LogP contribution >= 0.6 is 11.3 Å². The predicted octanol–water partition coefficient (Wildman–Crippen LogP) is 3.48. The van der Waals surface area contributed by atoms with E-state index in [1.807, 2.05) is 54.6 Å². The van der Waals surface area contributed by atoms with Crippen LogP contribution in [-0.2, 0) is 14.3 Å². The standard InChI is InChI=1S/C29H27N3O4S/c1-4-6-16-31-21-15-11-10-14-20(21)23(26(31)33)25-27(34)32-24(19-12-8-7-9-13-19)22(28(35)36-17-5-2)18(3)30-29(32)37-25/h5,7-15,24H,2,4,6,16-17H2,1,3H3/b25-23-/t24-/m0/s1. The zero-order valence-electron chi connectivity index (χ0n) is 20.8. The summed E-state index contributed by atoms with van der Waals surface area (Å²) in [6, 6.07) is 16.2. The molecule has 0 bridgehead atoms. The van der Waals surface area contributed by atoms with Gasteiger partial charge in [0, 0.05) is 12.1 Å². The molecule has 0 saturated heterocycles. The summed E-state index contributed by atoms with van der Waals surface area (Å²) in [5, 5.41) is 0. The lowest BCUT2D eigenvalue weighted by molar-refractivity contribution is -0.138. The van der Waals surface area contributed by atoms with E-state index in [4.69, 9.17) is 4.74 Å². The molecule has 1 amide bonds. The second kappa shape index (κ2) is 10.1. The van der Waals surface area contributed by atoms with Crippen molar-refractivity contribution >= 4 is 34.5 Å². The summed E-state index contributed by atoms with van der Waals surface area (Å²) in [7, 11) is 0. The van der Waals surface area contributed by atoms with Gasteiger partial charge in [-0.15, -0.1) is 0 Å². The molecule has 3 aromatic rings. The first-order chi connectivity index (χ1) is 18.0. The number of ether oxygens (including phenoxy) is 1. The first-order valence-electron chi connectivity index (χ1n) is 12.3. The summed E-state index contributed by atoms with van der Waals surface area (Å²) < 4.78 is 7.22. The molecule has 5 rings (SSSR count). The number of allylic oxidation sites excluding steroid dienone is 1. The normalized spacial score (nSPS) is 17.8. The largest absolute Gasteiger partial charge is 0.458 e. The van der Waals surface area contributed by atoms with Gasteiger partial charge in [-0.2, -0.15) is 0 Å². The SMILES string of the molecule is C=CCOC(=O)C1=C(C)N=c2s/c(=C3\C(=O)N(CCCC)c4ccccc43)c(=O)n2[C@H]1c1ccccc1. The molecule has 1 atom stereocenters. The number of thiazole rings is 1. The van der Waals surface area contributed by atoms with Crippen molar-refractivity contribution < 1.29 is 14.3 Å². The van der Waals surface area contributed by atoms with Crippen molar-refractivity contribution in [2.24, 2.45) is 4.99 Å². The zero-order valence-corrected chi connectivity index (χ0v) is 21.6. The quantitative estimate of drug-likeness (QED) is 0.358. The van der Waals surface area contributed by atoms with Crippen molar-refractivity contribution in [2.75, 3.05) is 18.1 Å². The Bertz CT molecular complexity index is 1610. The summed E-state index contributed by atoms with van der Waals surface area (Å²) in [5.74, 6) is -0.738. The fourth-order valence-electron chi connectivity index (χ4n) is 4.83. The van der Waals surface area contributed by atoms with Crippen molar-refractivity contribution in [2.45, 2.75) is 32.7 Å². The second-order valence-corrected chi connectivity index (χ2v) is 9.88. The highest BCUT2D eigenvalue weighted by Crippen LogP contribution is 2.35. The van der Waals surface area contributed by atoms with E-state index in [9.17, 15) is 14.4 Å². The number of amides is 1. The Hall–Kier alpha value is -4.04. The maximum absolute atomic E-state index is 14.1. The molecule has 2 aliphatic heterocycles. The van der Waals surface area contributed by atoms with E-state index >= 15 is 0 Å². The van der Waals surface area contributed by atoms with Crippen LogP contribution in [0.4, 0.5) is 5.69 Å². The van der Waals surface area contributed by atoms with Gasteiger partial charge in [-0.05, 0) is 25.0 Å². The van der Waals surface area contributed by atoms with Crippen molar-refractivity contribution in [1.82, 2.24) is 4.57 Å². The average Bonchev–Trinajstić information content (AvgIpc) is 3.37. The maximum atomic E-state index is 14.1. The Morgan fingerprint density at radius 1 is 1.14 bits per heavy atom. The Morgan fingerprint density at radius 2 is 1.86 bits per heavy atom. The van der Waals surface area contributed by atoms with Crippen LogP contribution in [-0.4, -0.2) is 29.6 Å². The Balaban J connectivity index is 1.76. The molecule has 37 heavy (non-hydrogen) atoms. The number of hydrogen-bond acceptors (Lipinski definition) is 6. The number of rotatable bonds is 7. The van der Waals surface area contributed by atoms with E-state index in [1.165, 1.54) is 22.0 Å². The lowest BCUT2D eigenvalue weighted by atomic mass is 9.96. The van der Waals surface area contributed by atoms with Crippen LogP contribution in [0.1, 0.15) is 43.9 Å². The number of aromatic nitrogens is 1. The van der Waals surface area contributed by atoms with Crippen molar-refractivity contribution in [1.29, 1.82) is 0 Å². The minimum absolute atomic E-state index is 0.0462. The Kier molecular flexibility index (Phi) is 6.76. The highest BCUT2D eigenvalue weighted by molar-refractivity contribution is 7.07. The molecule has 188 valence electrons. The van der Waals surface area contributed by atoms with Crippen LogP contribution in [0, 0.1) is 0 Å². The fraction of sp³-hybridized carbons (Fsp3) is 0.241. The van der Waals surface area contributed by atoms with Crippen LogP contribution in [0.5, 0.6) is 0 Å². The summed E-state index contributed by atoms with van der Waals surface area (Å²) in [5.41, 5.74) is 3.11. The summed E-state index contributed by atoms with van der Waals surface area (Å²) in [6.45, 7) is 8.06. The van der Waals surface area contributed by atoms with Crippen LogP contribution in [0.2, 0.25) is 0 Å². The van der Waals surface area contributed by atoms with E-state index in [1.54, 1.807) is 11.8 Å². The van der Waals surface area contributed by atoms with Crippen molar-refractivity contribution in [3.05, 3.63) is 109 Å². The molecule has 1 aromatic heterocycles. The van der Waals surface area contributed by atoms with Crippen LogP contribution in [0.15, 0.2) is 88.3 Å². The number of fused-ring (bicyclic) bond motifs is 2. The van der Waals surface area contributed by atoms with Gasteiger partial charge >= 0.3 is 5.97 Å². The van der Waals surface area contributed by atoms with Crippen molar-refractivity contribution in [3.8, 4) is 0 Å². The van der Waals surface area contributed by atoms with Crippen LogP contribution in [0.25, 0.3) is 5.57 Å². The maximum Gasteiger partial charge on any atom is 0.338 e. The number of benzene rings is 2. The molecule has 3 heterocycles. The van der Waals surface area contributed by atoms with E-state index in [-0.39, 0.29) is 18.1 Å². The molecule has 0 N–H and O–H groups in total. The molecule has 8 heteroatoms. The topological polar surface area (TPSA) is 81.0 Å². The minimum atomic E-state index is -0.730. The number of hydrogen-bond donors (Lipinski definition) is 0. The number of para-hydroxylation sites is 1. The smallest absolute Gasteiger partial charge is 0.338 e. The van der Waals surface area contributed by atoms with E-state index in [2.05, 4.69) is 18.5 Å². The number of carbonyl (C=O) groups excluding carboxylic acids is 2. The number of esters is 1. The lowest BCUT2D eigenvalue weighted by Crippen LogP contribution is -2.41. The third kappa shape index (κ3) is 4.17. The highest BCUT2D eigenvalue weighted by Gasteiger charge is 2.37. The summed E-state index contributed by atoms with van der Waals surface area (Å²) >= 11 is 1.18. The predicted molar refractivity (Wildman–Crippen MR) is 144 cm³/mol. The molecule has 2 aromatic carbocycles. The van der Waals surface area contributed by atoms with Gasteiger partial charge in [0.1, 0.15) is 11.1 Å². The summed E-state index contributed by atoms with van der Waals surface area (Å²) in [4.78, 5) is 47.7. The van der Waals surface area contributed by atoms with E-state index < -0.39 is 12.0 Å². The highest BCUT2D eigenvalue weighted by atomic mass is 32.1. The Labute approximate surface area is 218 Å². The fourth-order valence-corrected chi connectivity index (χ4v) is 5.97. The molecule has 7 nitrogen and oxygen atoms in total. The molecule has 0 unspecified atom stereocenters. The number of carbonyl (C=O) groups is 2. The summed E-state index contributed by atoms with van der Waals surface area (Å²) in [6.07, 6.45) is 3.30.